The van der Waals surface area contributed by atoms with Crippen LogP contribution in [0, 0.1) is 13.8 Å². The number of hydrogen-bond acceptors (Lipinski definition) is 3. The summed E-state index contributed by atoms with van der Waals surface area (Å²) >= 11 is 1.54. The first-order valence-corrected chi connectivity index (χ1v) is 7.90. The van der Waals surface area contributed by atoms with E-state index in [9.17, 15) is 9.59 Å². The lowest BCUT2D eigenvalue weighted by Crippen LogP contribution is -2.43. The molecule has 2 rings (SSSR count). The molecule has 0 saturated carbocycles. The van der Waals surface area contributed by atoms with Crippen molar-refractivity contribution in [2.24, 2.45) is 0 Å². The molecule has 1 amide bonds. The highest BCUT2D eigenvalue weighted by Gasteiger charge is 2.28. The molecule has 0 aromatic carbocycles. The second-order valence-corrected chi connectivity index (χ2v) is 6.69. The van der Waals surface area contributed by atoms with Crippen molar-refractivity contribution in [3.8, 4) is 0 Å². The number of piperidine rings is 1. The molecule has 0 spiro atoms. The van der Waals surface area contributed by atoms with E-state index in [1.54, 1.807) is 0 Å². The van der Waals surface area contributed by atoms with Gasteiger partial charge in [0.25, 0.3) is 5.91 Å². The molecule has 0 bridgehead atoms. The van der Waals surface area contributed by atoms with Crippen molar-refractivity contribution in [1.82, 2.24) is 4.90 Å². The second kappa shape index (κ2) is 6.39. The van der Waals surface area contributed by atoms with Crippen LogP contribution in [0.2, 0.25) is 0 Å². The molecule has 1 aliphatic heterocycles. The van der Waals surface area contributed by atoms with Crippen LogP contribution in [-0.2, 0) is 4.79 Å². The number of amides is 1. The largest absolute Gasteiger partial charge is 0.481 e. The van der Waals surface area contributed by atoms with Gasteiger partial charge in [0, 0.05) is 23.9 Å². The van der Waals surface area contributed by atoms with Gasteiger partial charge < -0.3 is 10.0 Å². The molecule has 1 saturated heterocycles. The Morgan fingerprint density at radius 3 is 2.75 bits per heavy atom. The summed E-state index contributed by atoms with van der Waals surface area (Å²) in [4.78, 5) is 27.2. The minimum absolute atomic E-state index is 0.0706. The van der Waals surface area contributed by atoms with Gasteiger partial charge in [-0.2, -0.15) is 0 Å². The summed E-state index contributed by atoms with van der Waals surface area (Å²) in [6.45, 7) is 4.79. The van der Waals surface area contributed by atoms with Gasteiger partial charge in [0.05, 0.1) is 4.88 Å². The van der Waals surface area contributed by atoms with Crippen LogP contribution in [0.5, 0.6) is 0 Å². The lowest BCUT2D eigenvalue weighted by atomic mass is 9.97. The first kappa shape index (κ1) is 15.0. The molecule has 1 unspecified atom stereocenters. The van der Waals surface area contributed by atoms with Gasteiger partial charge in [-0.3, -0.25) is 9.59 Å². The van der Waals surface area contributed by atoms with E-state index < -0.39 is 5.97 Å². The van der Waals surface area contributed by atoms with Gasteiger partial charge in [0.1, 0.15) is 0 Å². The first-order valence-electron chi connectivity index (χ1n) is 7.09. The van der Waals surface area contributed by atoms with E-state index in [0.717, 1.165) is 36.2 Å². The fraction of sp³-hybridized carbons (Fsp3) is 0.600. The third-order valence-corrected chi connectivity index (χ3v) is 5.10. The van der Waals surface area contributed by atoms with Crippen LogP contribution in [0.25, 0.3) is 0 Å². The third kappa shape index (κ3) is 3.39. The number of nitrogens with zero attached hydrogens (tertiary/aromatic N) is 1. The van der Waals surface area contributed by atoms with E-state index >= 15 is 0 Å². The predicted molar refractivity (Wildman–Crippen MR) is 79.3 cm³/mol. The number of likely N-dealkylation sites (tertiary alicyclic amines) is 1. The minimum atomic E-state index is -0.786. The van der Waals surface area contributed by atoms with Crippen molar-refractivity contribution < 1.29 is 14.7 Å². The Kier molecular flexibility index (Phi) is 4.81. The molecule has 110 valence electrons. The molecule has 0 radical (unpaired) electrons. The van der Waals surface area contributed by atoms with Crippen molar-refractivity contribution in [3.05, 3.63) is 21.4 Å². The number of rotatable bonds is 4. The molecule has 2 heterocycles. The monoisotopic (exact) mass is 295 g/mol. The maximum atomic E-state index is 12.6. The van der Waals surface area contributed by atoms with E-state index in [2.05, 4.69) is 0 Å². The van der Waals surface area contributed by atoms with Gasteiger partial charge in [0.15, 0.2) is 0 Å². The molecule has 1 fully saturated rings. The molecule has 1 N–H and O–H groups in total. The summed E-state index contributed by atoms with van der Waals surface area (Å²) in [5, 5.41) is 8.82. The van der Waals surface area contributed by atoms with Crippen LogP contribution in [0.15, 0.2) is 6.07 Å². The molecule has 1 aromatic rings. The average Bonchev–Trinajstić information content (AvgIpc) is 2.76. The molecule has 0 aliphatic carbocycles. The van der Waals surface area contributed by atoms with E-state index in [4.69, 9.17) is 5.11 Å². The Labute approximate surface area is 123 Å². The summed E-state index contributed by atoms with van der Waals surface area (Å²) in [7, 11) is 0. The summed E-state index contributed by atoms with van der Waals surface area (Å²) in [5.41, 5.74) is 1.15. The number of aryl methyl sites for hydroxylation is 2. The third-order valence-electron chi connectivity index (χ3n) is 3.96. The molecular weight excluding hydrogens is 274 g/mol. The van der Waals surface area contributed by atoms with Gasteiger partial charge in [-0.25, -0.2) is 0 Å². The highest BCUT2D eigenvalue weighted by atomic mass is 32.1. The first-order chi connectivity index (χ1) is 9.49. The number of aliphatic carboxylic acids is 1. The smallest absolute Gasteiger partial charge is 0.303 e. The number of thiophene rings is 1. The number of carbonyl (C=O) groups excluding carboxylic acids is 1. The van der Waals surface area contributed by atoms with Crippen LogP contribution >= 0.6 is 11.3 Å². The van der Waals surface area contributed by atoms with E-state index in [-0.39, 0.29) is 18.4 Å². The van der Waals surface area contributed by atoms with Crippen molar-refractivity contribution in [1.29, 1.82) is 0 Å². The normalized spacial score (nSPS) is 19.1. The van der Waals surface area contributed by atoms with Crippen LogP contribution in [0.1, 0.15) is 52.2 Å². The van der Waals surface area contributed by atoms with Crippen LogP contribution in [0.3, 0.4) is 0 Å². The van der Waals surface area contributed by atoms with Crippen molar-refractivity contribution in [3.63, 3.8) is 0 Å². The maximum Gasteiger partial charge on any atom is 0.303 e. The molecular formula is C15H21NO3S. The highest BCUT2D eigenvalue weighted by Crippen LogP contribution is 2.27. The van der Waals surface area contributed by atoms with E-state index in [1.165, 1.54) is 16.2 Å². The highest BCUT2D eigenvalue weighted by molar-refractivity contribution is 7.14. The summed E-state index contributed by atoms with van der Waals surface area (Å²) in [6.07, 6.45) is 3.71. The number of carboxylic acid groups (broad SMARTS) is 1. The number of hydrogen-bond donors (Lipinski definition) is 1. The van der Waals surface area contributed by atoms with Crippen LogP contribution < -0.4 is 0 Å². The van der Waals surface area contributed by atoms with Gasteiger partial charge in [-0.15, -0.1) is 11.3 Å². The Morgan fingerprint density at radius 1 is 1.40 bits per heavy atom. The SMILES string of the molecule is Cc1cc(C(=O)N2CCCCC2CCC(=O)O)sc1C. The lowest BCUT2D eigenvalue weighted by molar-refractivity contribution is -0.137. The van der Waals surface area contributed by atoms with E-state index in [0.29, 0.717) is 6.42 Å². The predicted octanol–water partition coefficient (Wildman–Crippen LogP) is 3.22. The number of carbonyl (C=O) groups is 2. The Hall–Kier alpha value is -1.36. The minimum Gasteiger partial charge on any atom is -0.481 e. The van der Waals surface area contributed by atoms with Crippen molar-refractivity contribution in [2.75, 3.05) is 6.54 Å². The zero-order chi connectivity index (χ0) is 14.7. The van der Waals surface area contributed by atoms with Gasteiger partial charge >= 0.3 is 5.97 Å². The Morgan fingerprint density at radius 2 is 2.15 bits per heavy atom. The molecule has 1 aliphatic rings. The Balaban J connectivity index is 2.10. The van der Waals surface area contributed by atoms with Crippen LogP contribution in [0.4, 0.5) is 0 Å². The number of carboxylic acids is 1. The molecule has 4 nitrogen and oxygen atoms in total. The average molecular weight is 295 g/mol. The fourth-order valence-corrected chi connectivity index (χ4v) is 3.67. The zero-order valence-electron chi connectivity index (χ0n) is 12.0. The summed E-state index contributed by atoms with van der Waals surface area (Å²) in [6, 6.07) is 2.03. The lowest BCUT2D eigenvalue weighted by Gasteiger charge is -2.35. The zero-order valence-corrected chi connectivity index (χ0v) is 12.8. The fourth-order valence-electron chi connectivity index (χ4n) is 2.68. The van der Waals surface area contributed by atoms with Gasteiger partial charge in [-0.05, 0) is 51.2 Å². The van der Waals surface area contributed by atoms with Crippen LogP contribution in [-0.4, -0.2) is 34.5 Å². The second-order valence-electron chi connectivity index (χ2n) is 5.43. The molecule has 1 atom stereocenters. The molecule has 1 aromatic heterocycles. The molecule has 20 heavy (non-hydrogen) atoms. The summed E-state index contributed by atoms with van der Waals surface area (Å²) in [5.74, 6) is -0.716. The quantitative estimate of drug-likeness (QED) is 0.928. The topological polar surface area (TPSA) is 57.6 Å². The van der Waals surface area contributed by atoms with Crippen molar-refractivity contribution in [2.45, 2.75) is 52.0 Å². The van der Waals surface area contributed by atoms with Gasteiger partial charge in [0.2, 0.25) is 0 Å². The van der Waals surface area contributed by atoms with E-state index in [1.807, 2.05) is 24.8 Å². The summed E-state index contributed by atoms with van der Waals surface area (Å²) < 4.78 is 0. The maximum absolute atomic E-state index is 12.6. The molecule has 5 heteroatoms. The standard InChI is InChI=1S/C15H21NO3S/c1-10-9-13(20-11(10)2)15(19)16-8-4-3-5-12(16)6-7-14(17)18/h9,12H,3-8H2,1-2H3,(H,17,18). The van der Waals surface area contributed by atoms with Gasteiger partial charge in [-0.1, -0.05) is 0 Å². The van der Waals surface area contributed by atoms with Crippen molar-refractivity contribution >= 4 is 23.2 Å². The Bertz CT molecular complexity index is 490.